The zero-order valence-electron chi connectivity index (χ0n) is 11.4. The van der Waals surface area contributed by atoms with Gasteiger partial charge in [0.05, 0.1) is 18.3 Å². The van der Waals surface area contributed by atoms with Crippen molar-refractivity contribution in [3.8, 4) is 0 Å². The molecule has 1 aromatic carbocycles. The van der Waals surface area contributed by atoms with Crippen LogP contribution in [0.5, 0.6) is 0 Å². The van der Waals surface area contributed by atoms with Crippen LogP contribution in [-0.2, 0) is 14.3 Å². The molecule has 20 heavy (non-hydrogen) atoms. The van der Waals surface area contributed by atoms with Crippen LogP contribution in [0.25, 0.3) is 6.08 Å². The number of esters is 1. The maximum atomic E-state index is 12.9. The summed E-state index contributed by atoms with van der Waals surface area (Å²) in [5.41, 5.74) is 1.67. The zero-order valence-corrected chi connectivity index (χ0v) is 11.4. The summed E-state index contributed by atoms with van der Waals surface area (Å²) in [6.45, 7) is 1.68. The average Bonchev–Trinajstić information content (AvgIpc) is 2.65. The van der Waals surface area contributed by atoms with Crippen molar-refractivity contribution in [1.82, 2.24) is 4.90 Å². The summed E-state index contributed by atoms with van der Waals surface area (Å²) >= 11 is 0. The van der Waals surface area contributed by atoms with Crippen molar-refractivity contribution >= 4 is 18.0 Å². The van der Waals surface area contributed by atoms with Crippen LogP contribution in [0.1, 0.15) is 12.5 Å². The lowest BCUT2D eigenvalue weighted by Crippen LogP contribution is -2.19. The first-order chi connectivity index (χ1) is 9.45. The van der Waals surface area contributed by atoms with E-state index in [0.717, 1.165) is 0 Å². The molecule has 104 valence electrons. The van der Waals surface area contributed by atoms with E-state index in [4.69, 9.17) is 4.74 Å². The Bertz CT molecular complexity index is 629. The number of amides is 1. The van der Waals surface area contributed by atoms with Crippen molar-refractivity contribution in [3.05, 3.63) is 52.5 Å². The zero-order chi connectivity index (χ0) is 14.9. The van der Waals surface area contributed by atoms with Gasteiger partial charge in [0.1, 0.15) is 5.82 Å². The molecule has 1 aromatic rings. The number of likely N-dealkylation sites (N-methyl/N-ethyl adjacent to an activating group) is 1. The fourth-order valence-corrected chi connectivity index (χ4v) is 2.02. The molecule has 1 amide bonds. The second-order valence-electron chi connectivity index (χ2n) is 4.43. The van der Waals surface area contributed by atoms with Gasteiger partial charge in [0.25, 0.3) is 5.91 Å². The number of carbonyl (C=O) groups excluding carboxylic acids is 2. The lowest BCUT2D eigenvalue weighted by atomic mass is 10.0. The largest absolute Gasteiger partial charge is 0.465 e. The van der Waals surface area contributed by atoms with Crippen LogP contribution in [0.15, 0.2) is 41.1 Å². The maximum absolute atomic E-state index is 12.9. The van der Waals surface area contributed by atoms with E-state index in [-0.39, 0.29) is 22.9 Å². The second kappa shape index (κ2) is 5.28. The van der Waals surface area contributed by atoms with Crippen LogP contribution < -0.4 is 0 Å². The Kier molecular flexibility index (Phi) is 3.70. The number of ether oxygens (including phenoxy) is 1. The summed E-state index contributed by atoms with van der Waals surface area (Å²) in [7, 11) is 2.85. The third-order valence-corrected chi connectivity index (χ3v) is 3.24. The molecule has 0 aliphatic carbocycles. The third kappa shape index (κ3) is 2.34. The number of hydrogen-bond acceptors (Lipinski definition) is 3. The molecule has 0 unspecified atom stereocenters. The van der Waals surface area contributed by atoms with E-state index < -0.39 is 5.97 Å². The van der Waals surface area contributed by atoms with Gasteiger partial charge in [0.2, 0.25) is 0 Å². The first-order valence-electron chi connectivity index (χ1n) is 6.00. The molecular formula is C15H14FNO3. The summed E-state index contributed by atoms with van der Waals surface area (Å²) in [6.07, 6.45) is 1.56. The Balaban J connectivity index is 2.50. The van der Waals surface area contributed by atoms with E-state index in [1.165, 1.54) is 36.3 Å². The number of halogens is 1. The first kappa shape index (κ1) is 14.0. The summed E-state index contributed by atoms with van der Waals surface area (Å²) in [4.78, 5) is 25.4. The highest BCUT2D eigenvalue weighted by Crippen LogP contribution is 2.30. The molecule has 5 heteroatoms. The number of allylic oxidation sites excluding steroid dienone is 1. The molecule has 2 rings (SSSR count). The van der Waals surface area contributed by atoms with E-state index >= 15 is 0 Å². The Labute approximate surface area is 116 Å². The average molecular weight is 275 g/mol. The molecule has 0 fully saturated rings. The molecule has 0 atom stereocenters. The minimum Gasteiger partial charge on any atom is -0.465 e. The SMILES string of the molecule is COC(=O)C1=C(C)N(C)C(=O)C1=Cc1ccc(F)cc1. The molecule has 0 aromatic heterocycles. The number of rotatable bonds is 2. The van der Waals surface area contributed by atoms with Crippen LogP contribution in [0.3, 0.4) is 0 Å². The van der Waals surface area contributed by atoms with Crippen LogP contribution in [0.4, 0.5) is 4.39 Å². The van der Waals surface area contributed by atoms with Gasteiger partial charge in [-0.05, 0) is 30.7 Å². The maximum Gasteiger partial charge on any atom is 0.340 e. The number of nitrogens with zero attached hydrogens (tertiary/aromatic N) is 1. The highest BCUT2D eigenvalue weighted by atomic mass is 19.1. The molecule has 0 radical (unpaired) electrons. The predicted octanol–water partition coefficient (Wildman–Crippen LogP) is 2.13. The van der Waals surface area contributed by atoms with E-state index in [2.05, 4.69) is 0 Å². The quantitative estimate of drug-likeness (QED) is 0.613. The predicted molar refractivity (Wildman–Crippen MR) is 71.9 cm³/mol. The summed E-state index contributed by atoms with van der Waals surface area (Å²) in [6, 6.07) is 5.67. The van der Waals surface area contributed by atoms with Gasteiger partial charge in [0, 0.05) is 12.7 Å². The molecule has 0 saturated heterocycles. The number of carbonyl (C=O) groups is 2. The van der Waals surface area contributed by atoms with Gasteiger partial charge in [0.15, 0.2) is 0 Å². The molecule has 1 aliphatic heterocycles. The van der Waals surface area contributed by atoms with Crippen LogP contribution >= 0.6 is 0 Å². The summed E-state index contributed by atoms with van der Waals surface area (Å²) in [5, 5.41) is 0. The van der Waals surface area contributed by atoms with Crippen molar-refractivity contribution in [3.63, 3.8) is 0 Å². The third-order valence-electron chi connectivity index (χ3n) is 3.24. The van der Waals surface area contributed by atoms with Gasteiger partial charge in [-0.2, -0.15) is 0 Å². The van der Waals surface area contributed by atoms with E-state index in [9.17, 15) is 14.0 Å². The van der Waals surface area contributed by atoms with Crippen LogP contribution in [-0.4, -0.2) is 30.9 Å². The Morgan fingerprint density at radius 1 is 1.30 bits per heavy atom. The van der Waals surface area contributed by atoms with Crippen molar-refractivity contribution in [2.75, 3.05) is 14.2 Å². The second-order valence-corrected chi connectivity index (χ2v) is 4.43. The first-order valence-corrected chi connectivity index (χ1v) is 6.00. The molecular weight excluding hydrogens is 261 g/mol. The van der Waals surface area contributed by atoms with Gasteiger partial charge in [-0.3, -0.25) is 4.79 Å². The molecule has 0 bridgehead atoms. The number of benzene rings is 1. The van der Waals surface area contributed by atoms with Crippen LogP contribution in [0.2, 0.25) is 0 Å². The lowest BCUT2D eigenvalue weighted by molar-refractivity contribution is -0.136. The lowest BCUT2D eigenvalue weighted by Gasteiger charge is -2.08. The van der Waals surface area contributed by atoms with Crippen molar-refractivity contribution in [2.24, 2.45) is 0 Å². The highest BCUT2D eigenvalue weighted by molar-refractivity contribution is 6.16. The van der Waals surface area contributed by atoms with E-state index in [0.29, 0.717) is 11.3 Å². The molecule has 4 nitrogen and oxygen atoms in total. The fraction of sp³-hybridized carbons (Fsp3) is 0.200. The minimum atomic E-state index is -0.562. The fourth-order valence-electron chi connectivity index (χ4n) is 2.02. The normalized spacial score (nSPS) is 17.1. The number of hydrogen-bond donors (Lipinski definition) is 0. The van der Waals surface area contributed by atoms with Crippen molar-refractivity contribution in [1.29, 1.82) is 0 Å². The molecule has 0 spiro atoms. The summed E-state index contributed by atoms with van der Waals surface area (Å²) < 4.78 is 17.6. The number of methoxy groups -OCH3 is 1. The van der Waals surface area contributed by atoms with Gasteiger partial charge in [-0.15, -0.1) is 0 Å². The standard InChI is InChI=1S/C15H14FNO3/c1-9-13(15(19)20-3)12(14(18)17(9)2)8-10-4-6-11(16)7-5-10/h4-8H,1-3H3. The highest BCUT2D eigenvalue weighted by Gasteiger charge is 2.34. The minimum absolute atomic E-state index is 0.240. The molecule has 1 heterocycles. The molecule has 1 aliphatic rings. The Hall–Kier alpha value is -2.43. The Morgan fingerprint density at radius 3 is 2.45 bits per heavy atom. The van der Waals surface area contributed by atoms with Crippen molar-refractivity contribution in [2.45, 2.75) is 6.92 Å². The molecule has 0 saturated carbocycles. The summed E-state index contributed by atoms with van der Waals surface area (Å²) in [5.74, 6) is -1.21. The van der Waals surface area contributed by atoms with Gasteiger partial charge < -0.3 is 9.64 Å². The smallest absolute Gasteiger partial charge is 0.340 e. The van der Waals surface area contributed by atoms with Crippen molar-refractivity contribution < 1.29 is 18.7 Å². The van der Waals surface area contributed by atoms with Gasteiger partial charge in [-0.25, -0.2) is 9.18 Å². The topological polar surface area (TPSA) is 46.6 Å². The molecule has 0 N–H and O–H groups in total. The van der Waals surface area contributed by atoms with Crippen LogP contribution in [0, 0.1) is 5.82 Å². The monoisotopic (exact) mass is 275 g/mol. The van der Waals surface area contributed by atoms with E-state index in [1.54, 1.807) is 20.0 Å². The van der Waals surface area contributed by atoms with E-state index in [1.807, 2.05) is 0 Å². The van der Waals surface area contributed by atoms with Gasteiger partial charge >= 0.3 is 5.97 Å². The Morgan fingerprint density at radius 2 is 1.90 bits per heavy atom. The van der Waals surface area contributed by atoms with Gasteiger partial charge in [-0.1, -0.05) is 12.1 Å².